The molecule has 178 valence electrons. The first-order chi connectivity index (χ1) is 16.7. The standard InChI is InChI=1S/C26H18BrF3N2O3/c27-24-21-10-2-1-5-16(21)11-12-22(24)35-15-23(33)31-19-8-3-6-17(13-19)25(34)32-20-9-4-7-18(14-20)26(28,29)30/h1-14H,15H2,(H,31,33)(H,32,34). The molecule has 0 bridgehead atoms. The molecule has 0 fully saturated rings. The Morgan fingerprint density at radius 3 is 2.31 bits per heavy atom. The van der Waals surface area contributed by atoms with Gasteiger partial charge in [0.05, 0.1) is 10.0 Å². The fourth-order valence-electron chi connectivity index (χ4n) is 3.38. The van der Waals surface area contributed by atoms with Gasteiger partial charge in [0.15, 0.2) is 6.61 Å². The van der Waals surface area contributed by atoms with E-state index in [0.29, 0.717) is 11.4 Å². The van der Waals surface area contributed by atoms with Gasteiger partial charge in [-0.25, -0.2) is 0 Å². The van der Waals surface area contributed by atoms with Crippen molar-refractivity contribution >= 4 is 49.9 Å². The molecule has 35 heavy (non-hydrogen) atoms. The Morgan fingerprint density at radius 1 is 0.829 bits per heavy atom. The third kappa shape index (κ3) is 5.99. The van der Waals surface area contributed by atoms with E-state index in [0.717, 1.165) is 27.4 Å². The lowest BCUT2D eigenvalue weighted by molar-refractivity contribution is -0.137. The minimum Gasteiger partial charge on any atom is -0.483 e. The molecule has 0 aromatic heterocycles. The van der Waals surface area contributed by atoms with Crippen molar-refractivity contribution in [3.05, 3.63) is 101 Å². The number of hydrogen-bond donors (Lipinski definition) is 2. The predicted molar refractivity (Wildman–Crippen MR) is 132 cm³/mol. The number of alkyl halides is 3. The lowest BCUT2D eigenvalue weighted by atomic mass is 10.1. The first kappa shape index (κ1) is 24.3. The molecule has 9 heteroatoms. The van der Waals surface area contributed by atoms with Crippen LogP contribution in [0.2, 0.25) is 0 Å². The summed E-state index contributed by atoms with van der Waals surface area (Å²) >= 11 is 3.50. The number of halogens is 4. The fraction of sp³-hybridized carbons (Fsp3) is 0.0769. The Hall–Kier alpha value is -3.85. The molecular formula is C26H18BrF3N2O3. The SMILES string of the molecule is O=C(COc1ccc2ccccc2c1Br)Nc1cccc(C(=O)Nc2cccc(C(F)(F)F)c2)c1. The molecule has 0 aliphatic carbocycles. The molecule has 4 rings (SSSR count). The average molecular weight is 543 g/mol. The summed E-state index contributed by atoms with van der Waals surface area (Å²) in [5, 5.41) is 7.06. The van der Waals surface area contributed by atoms with Crippen LogP contribution in [0.5, 0.6) is 5.75 Å². The zero-order valence-corrected chi connectivity index (χ0v) is 19.6. The summed E-state index contributed by atoms with van der Waals surface area (Å²) in [5.74, 6) is -0.551. The van der Waals surface area contributed by atoms with Crippen LogP contribution in [-0.2, 0) is 11.0 Å². The van der Waals surface area contributed by atoms with Gasteiger partial charge in [-0.05, 0) is 69.2 Å². The normalized spacial score (nSPS) is 11.2. The Labute approximate surface area is 207 Å². The molecule has 0 spiro atoms. The molecule has 2 N–H and O–H groups in total. The number of rotatable bonds is 6. The van der Waals surface area contributed by atoms with Crippen molar-refractivity contribution in [1.82, 2.24) is 0 Å². The fourth-order valence-corrected chi connectivity index (χ4v) is 3.99. The van der Waals surface area contributed by atoms with Crippen molar-refractivity contribution in [2.45, 2.75) is 6.18 Å². The van der Waals surface area contributed by atoms with Crippen LogP contribution in [0.25, 0.3) is 10.8 Å². The molecule has 5 nitrogen and oxygen atoms in total. The second-order valence-electron chi connectivity index (χ2n) is 7.55. The Bertz CT molecular complexity index is 1410. The second kappa shape index (κ2) is 10.2. The van der Waals surface area contributed by atoms with Gasteiger partial charge in [0.2, 0.25) is 0 Å². The van der Waals surface area contributed by atoms with E-state index in [9.17, 15) is 22.8 Å². The van der Waals surface area contributed by atoms with Crippen LogP contribution < -0.4 is 15.4 Å². The van der Waals surface area contributed by atoms with Gasteiger partial charge in [-0.2, -0.15) is 13.2 Å². The van der Waals surface area contributed by atoms with Crippen molar-refractivity contribution in [1.29, 1.82) is 0 Å². The lowest BCUT2D eigenvalue weighted by Gasteiger charge is -2.12. The first-order valence-corrected chi connectivity index (χ1v) is 11.2. The van der Waals surface area contributed by atoms with Crippen molar-refractivity contribution in [3.8, 4) is 5.75 Å². The average Bonchev–Trinajstić information content (AvgIpc) is 2.83. The van der Waals surface area contributed by atoms with Crippen LogP contribution in [0.4, 0.5) is 24.5 Å². The van der Waals surface area contributed by atoms with Gasteiger partial charge in [0.25, 0.3) is 11.8 Å². The highest BCUT2D eigenvalue weighted by atomic mass is 79.9. The number of hydrogen-bond acceptors (Lipinski definition) is 3. The number of amides is 2. The van der Waals surface area contributed by atoms with Crippen LogP contribution in [0, 0.1) is 0 Å². The molecule has 0 aliphatic rings. The summed E-state index contributed by atoms with van der Waals surface area (Å²) in [6, 6.07) is 21.8. The maximum absolute atomic E-state index is 12.9. The topological polar surface area (TPSA) is 67.4 Å². The van der Waals surface area contributed by atoms with Gasteiger partial charge >= 0.3 is 6.18 Å². The minimum atomic E-state index is -4.52. The summed E-state index contributed by atoms with van der Waals surface area (Å²) in [7, 11) is 0. The first-order valence-electron chi connectivity index (χ1n) is 10.4. The van der Waals surface area contributed by atoms with E-state index in [1.165, 1.54) is 24.3 Å². The van der Waals surface area contributed by atoms with Crippen LogP contribution in [0.1, 0.15) is 15.9 Å². The second-order valence-corrected chi connectivity index (χ2v) is 8.34. The summed E-state index contributed by atoms with van der Waals surface area (Å²) in [5.41, 5.74) is -0.353. The van der Waals surface area contributed by atoms with E-state index in [1.54, 1.807) is 18.2 Å². The van der Waals surface area contributed by atoms with Crippen LogP contribution in [-0.4, -0.2) is 18.4 Å². The molecule has 0 saturated carbocycles. The summed E-state index contributed by atoms with van der Waals surface area (Å²) in [6.07, 6.45) is -4.52. The lowest BCUT2D eigenvalue weighted by Crippen LogP contribution is -2.20. The van der Waals surface area contributed by atoms with Gasteiger partial charge in [-0.15, -0.1) is 0 Å². The molecular weight excluding hydrogens is 525 g/mol. The monoisotopic (exact) mass is 542 g/mol. The van der Waals surface area contributed by atoms with Crippen molar-refractivity contribution in [3.63, 3.8) is 0 Å². The Balaban J connectivity index is 1.39. The van der Waals surface area contributed by atoms with E-state index in [2.05, 4.69) is 26.6 Å². The maximum atomic E-state index is 12.9. The van der Waals surface area contributed by atoms with Gasteiger partial charge in [-0.1, -0.05) is 42.5 Å². The van der Waals surface area contributed by atoms with E-state index in [-0.39, 0.29) is 17.9 Å². The number of fused-ring (bicyclic) bond motifs is 1. The van der Waals surface area contributed by atoms with Crippen LogP contribution in [0.3, 0.4) is 0 Å². The molecule has 0 atom stereocenters. The smallest absolute Gasteiger partial charge is 0.416 e. The third-order valence-corrected chi connectivity index (χ3v) is 5.86. The highest BCUT2D eigenvalue weighted by molar-refractivity contribution is 9.10. The molecule has 2 amide bonds. The Kier molecular flexibility index (Phi) is 7.07. The summed E-state index contributed by atoms with van der Waals surface area (Å²) in [6.45, 7) is -0.266. The highest BCUT2D eigenvalue weighted by Crippen LogP contribution is 2.33. The number of anilines is 2. The van der Waals surface area contributed by atoms with E-state index < -0.39 is 23.6 Å². The number of nitrogens with one attached hydrogen (secondary N) is 2. The van der Waals surface area contributed by atoms with Gasteiger partial charge in [0.1, 0.15) is 5.75 Å². The molecule has 4 aromatic rings. The predicted octanol–water partition coefficient (Wildman–Crippen LogP) is 6.89. The third-order valence-electron chi connectivity index (χ3n) is 5.04. The van der Waals surface area contributed by atoms with E-state index in [1.807, 2.05) is 30.3 Å². The molecule has 0 saturated heterocycles. The van der Waals surface area contributed by atoms with Crippen LogP contribution in [0.15, 0.2) is 89.4 Å². The van der Waals surface area contributed by atoms with Gasteiger partial charge in [-0.3, -0.25) is 9.59 Å². The Morgan fingerprint density at radius 2 is 1.54 bits per heavy atom. The summed E-state index contributed by atoms with van der Waals surface area (Å²) in [4.78, 5) is 24.9. The van der Waals surface area contributed by atoms with E-state index in [4.69, 9.17) is 4.74 Å². The molecule has 0 heterocycles. The zero-order chi connectivity index (χ0) is 25.0. The largest absolute Gasteiger partial charge is 0.483 e. The molecule has 0 aliphatic heterocycles. The van der Waals surface area contributed by atoms with E-state index >= 15 is 0 Å². The van der Waals surface area contributed by atoms with Crippen molar-refractivity contribution in [2.24, 2.45) is 0 Å². The van der Waals surface area contributed by atoms with Crippen molar-refractivity contribution < 1.29 is 27.5 Å². The molecule has 4 aromatic carbocycles. The zero-order valence-electron chi connectivity index (χ0n) is 18.0. The maximum Gasteiger partial charge on any atom is 0.416 e. The number of carbonyl (C=O) groups excluding carboxylic acids is 2. The highest BCUT2D eigenvalue weighted by Gasteiger charge is 2.30. The number of benzene rings is 4. The summed E-state index contributed by atoms with van der Waals surface area (Å²) < 4.78 is 45.1. The van der Waals surface area contributed by atoms with Crippen molar-refractivity contribution in [2.75, 3.05) is 17.2 Å². The molecule has 0 radical (unpaired) electrons. The number of ether oxygens (including phenoxy) is 1. The van der Waals surface area contributed by atoms with Crippen LogP contribution >= 0.6 is 15.9 Å². The number of carbonyl (C=O) groups is 2. The quantitative estimate of drug-likeness (QED) is 0.278. The van der Waals surface area contributed by atoms with Gasteiger partial charge < -0.3 is 15.4 Å². The van der Waals surface area contributed by atoms with Gasteiger partial charge in [0, 0.05) is 16.9 Å². The minimum absolute atomic E-state index is 0.00799. The molecule has 0 unspecified atom stereocenters.